The van der Waals surface area contributed by atoms with E-state index in [2.05, 4.69) is 29.4 Å². The maximum atomic E-state index is 6.05. The molecule has 1 heterocycles. The van der Waals surface area contributed by atoms with E-state index in [0.717, 1.165) is 22.1 Å². The lowest BCUT2D eigenvalue weighted by Gasteiger charge is -2.03. The van der Waals surface area contributed by atoms with Crippen LogP contribution in [0.1, 0.15) is 5.56 Å². The Morgan fingerprint density at radius 1 is 1.05 bits per heavy atom. The van der Waals surface area contributed by atoms with E-state index in [1.807, 2.05) is 29.6 Å². The standard InChI is InChI=1S/C16H12Cl2N2S.BrH/c1-10-3-2-4-12(7-10)19-16-20-15(9-21-16)11-5-6-13(17)14(18)8-11;/h2-9H,1H3,(H,19,20);1H/p-1. The molecule has 2 aromatic carbocycles. The van der Waals surface area contributed by atoms with Gasteiger partial charge in [0, 0.05) is 16.6 Å². The second kappa shape index (κ2) is 7.47. The molecule has 0 radical (unpaired) electrons. The van der Waals surface area contributed by atoms with Crippen molar-refractivity contribution in [3.63, 3.8) is 0 Å². The van der Waals surface area contributed by atoms with E-state index in [-0.39, 0.29) is 17.0 Å². The Kier molecular flexibility index (Phi) is 5.87. The molecule has 22 heavy (non-hydrogen) atoms. The predicted octanol–water partition coefficient (Wildman–Crippen LogP) is 3.17. The zero-order valence-electron chi connectivity index (χ0n) is 11.6. The number of benzene rings is 2. The molecular weight excluding hydrogens is 403 g/mol. The number of nitrogens with one attached hydrogen (secondary N) is 1. The van der Waals surface area contributed by atoms with Gasteiger partial charge < -0.3 is 22.3 Å². The summed E-state index contributed by atoms with van der Waals surface area (Å²) in [4.78, 5) is 4.58. The quantitative estimate of drug-likeness (QED) is 0.711. The van der Waals surface area contributed by atoms with Crippen LogP contribution >= 0.6 is 34.5 Å². The first-order chi connectivity index (χ1) is 10.1. The minimum atomic E-state index is 0. The topological polar surface area (TPSA) is 24.9 Å². The van der Waals surface area contributed by atoms with Gasteiger partial charge in [-0.15, -0.1) is 11.3 Å². The van der Waals surface area contributed by atoms with Gasteiger partial charge >= 0.3 is 0 Å². The number of aromatic nitrogens is 1. The largest absolute Gasteiger partial charge is 1.00 e. The minimum Gasteiger partial charge on any atom is -1.00 e. The molecule has 2 nitrogen and oxygen atoms in total. The highest BCUT2D eigenvalue weighted by Gasteiger charge is 2.07. The lowest BCUT2D eigenvalue weighted by molar-refractivity contribution is -0.00000401. The number of thiazole rings is 1. The van der Waals surface area contributed by atoms with Gasteiger partial charge in [-0.1, -0.05) is 41.4 Å². The third-order valence-corrected chi connectivity index (χ3v) is 4.49. The highest BCUT2D eigenvalue weighted by Crippen LogP contribution is 2.31. The van der Waals surface area contributed by atoms with Crippen molar-refractivity contribution < 1.29 is 17.0 Å². The van der Waals surface area contributed by atoms with Crippen LogP contribution in [0.15, 0.2) is 47.8 Å². The summed E-state index contributed by atoms with van der Waals surface area (Å²) in [6.45, 7) is 2.06. The molecule has 114 valence electrons. The molecule has 3 aromatic rings. The molecule has 0 saturated carbocycles. The van der Waals surface area contributed by atoms with Crippen molar-refractivity contribution in [2.45, 2.75) is 6.92 Å². The van der Waals surface area contributed by atoms with E-state index in [1.54, 1.807) is 17.4 Å². The SMILES string of the molecule is Cc1cccc(Nc2nc(-c3ccc(Cl)c(Cl)c3)cs2)c1.[Br-]. The molecule has 0 aliphatic rings. The smallest absolute Gasteiger partial charge is 0.187 e. The lowest BCUT2D eigenvalue weighted by Crippen LogP contribution is -3.00. The van der Waals surface area contributed by atoms with Crippen LogP contribution in [0.3, 0.4) is 0 Å². The van der Waals surface area contributed by atoms with Crippen molar-refractivity contribution in [1.29, 1.82) is 0 Å². The molecule has 6 heteroatoms. The van der Waals surface area contributed by atoms with E-state index in [1.165, 1.54) is 5.56 Å². The third kappa shape index (κ3) is 4.02. The van der Waals surface area contributed by atoms with Gasteiger partial charge in [0.15, 0.2) is 5.13 Å². The maximum Gasteiger partial charge on any atom is 0.187 e. The van der Waals surface area contributed by atoms with Gasteiger partial charge in [0.25, 0.3) is 0 Å². The number of nitrogens with zero attached hydrogens (tertiary/aromatic N) is 1. The second-order valence-corrected chi connectivity index (χ2v) is 6.33. The molecule has 0 amide bonds. The van der Waals surface area contributed by atoms with E-state index in [9.17, 15) is 0 Å². The molecule has 3 rings (SSSR count). The molecule has 0 aliphatic carbocycles. The summed E-state index contributed by atoms with van der Waals surface area (Å²) in [5.74, 6) is 0. The number of hydrogen-bond acceptors (Lipinski definition) is 3. The predicted molar refractivity (Wildman–Crippen MR) is 92.0 cm³/mol. The summed E-state index contributed by atoms with van der Waals surface area (Å²) in [6, 6.07) is 13.7. The highest BCUT2D eigenvalue weighted by atomic mass is 79.9. The number of aryl methyl sites for hydroxylation is 1. The first-order valence-electron chi connectivity index (χ1n) is 6.36. The summed E-state index contributed by atoms with van der Waals surface area (Å²) >= 11 is 13.5. The van der Waals surface area contributed by atoms with Crippen molar-refractivity contribution >= 4 is 45.4 Å². The van der Waals surface area contributed by atoms with Crippen LogP contribution in [0.25, 0.3) is 11.3 Å². The van der Waals surface area contributed by atoms with Gasteiger partial charge in [0.2, 0.25) is 0 Å². The van der Waals surface area contributed by atoms with Gasteiger partial charge in [-0.25, -0.2) is 4.98 Å². The highest BCUT2D eigenvalue weighted by molar-refractivity contribution is 7.14. The molecule has 0 aliphatic heterocycles. The molecule has 0 spiro atoms. The normalized spacial score (nSPS) is 10.1. The average Bonchev–Trinajstić information content (AvgIpc) is 2.90. The van der Waals surface area contributed by atoms with Crippen LogP contribution in [-0.2, 0) is 0 Å². The van der Waals surface area contributed by atoms with E-state index in [0.29, 0.717) is 10.0 Å². The van der Waals surface area contributed by atoms with E-state index in [4.69, 9.17) is 23.2 Å². The molecule has 0 atom stereocenters. The van der Waals surface area contributed by atoms with Gasteiger partial charge in [0.1, 0.15) is 0 Å². The van der Waals surface area contributed by atoms with Crippen LogP contribution in [0.5, 0.6) is 0 Å². The molecule has 0 fully saturated rings. The van der Waals surface area contributed by atoms with Crippen LogP contribution < -0.4 is 22.3 Å². The van der Waals surface area contributed by atoms with Crippen LogP contribution in [0.2, 0.25) is 10.0 Å². The zero-order valence-corrected chi connectivity index (χ0v) is 15.5. The Bertz CT molecular complexity index is 789. The number of halogens is 3. The van der Waals surface area contributed by atoms with Gasteiger partial charge in [-0.3, -0.25) is 0 Å². The fraction of sp³-hybridized carbons (Fsp3) is 0.0625. The fourth-order valence-electron chi connectivity index (χ4n) is 1.97. The molecule has 0 saturated heterocycles. The van der Waals surface area contributed by atoms with E-state index < -0.39 is 0 Å². The van der Waals surface area contributed by atoms with Crippen molar-refractivity contribution in [3.05, 3.63) is 63.5 Å². The number of rotatable bonds is 3. The minimum absolute atomic E-state index is 0. The van der Waals surface area contributed by atoms with Gasteiger partial charge in [0.05, 0.1) is 15.7 Å². The summed E-state index contributed by atoms with van der Waals surface area (Å²) in [6.07, 6.45) is 0. The Morgan fingerprint density at radius 3 is 2.59 bits per heavy atom. The summed E-state index contributed by atoms with van der Waals surface area (Å²) < 4.78 is 0. The molecule has 1 N–H and O–H groups in total. The van der Waals surface area contributed by atoms with Crippen LogP contribution in [0.4, 0.5) is 10.8 Å². The van der Waals surface area contributed by atoms with E-state index >= 15 is 0 Å². The third-order valence-electron chi connectivity index (χ3n) is 2.99. The molecule has 0 bridgehead atoms. The van der Waals surface area contributed by atoms with Crippen molar-refractivity contribution in [3.8, 4) is 11.3 Å². The molecule has 0 unspecified atom stereocenters. The Labute approximate surface area is 153 Å². The zero-order chi connectivity index (χ0) is 14.8. The summed E-state index contributed by atoms with van der Waals surface area (Å²) in [7, 11) is 0. The van der Waals surface area contributed by atoms with Gasteiger partial charge in [-0.2, -0.15) is 0 Å². The second-order valence-electron chi connectivity index (χ2n) is 4.66. The first kappa shape index (κ1) is 17.3. The molecule has 1 aromatic heterocycles. The van der Waals surface area contributed by atoms with Crippen molar-refractivity contribution in [2.75, 3.05) is 5.32 Å². The summed E-state index contributed by atoms with van der Waals surface area (Å²) in [5, 5.41) is 7.24. The van der Waals surface area contributed by atoms with Crippen LogP contribution in [-0.4, -0.2) is 4.98 Å². The monoisotopic (exact) mass is 413 g/mol. The summed E-state index contributed by atoms with van der Waals surface area (Å²) in [5.41, 5.74) is 4.08. The van der Waals surface area contributed by atoms with Crippen LogP contribution in [0, 0.1) is 6.92 Å². The Morgan fingerprint density at radius 2 is 1.86 bits per heavy atom. The Balaban J connectivity index is 0.00000176. The van der Waals surface area contributed by atoms with Crippen molar-refractivity contribution in [1.82, 2.24) is 4.98 Å². The lowest BCUT2D eigenvalue weighted by atomic mass is 10.2. The maximum absolute atomic E-state index is 6.05. The Hall–Kier alpha value is -1.07. The average molecular weight is 415 g/mol. The fourth-order valence-corrected chi connectivity index (χ4v) is 3.00. The number of hydrogen-bond donors (Lipinski definition) is 1. The van der Waals surface area contributed by atoms with Gasteiger partial charge in [-0.05, 0) is 36.8 Å². The first-order valence-corrected chi connectivity index (χ1v) is 8.00. The van der Waals surface area contributed by atoms with Crippen molar-refractivity contribution in [2.24, 2.45) is 0 Å². The molecular formula is C16H12BrCl2N2S-. The number of anilines is 2.